The molecule has 1 aliphatic rings. The molecule has 5 heteroatoms. The molecule has 0 unspecified atom stereocenters. The van der Waals surface area contributed by atoms with Gasteiger partial charge in [0.05, 0.1) is 6.54 Å². The first-order valence-corrected chi connectivity index (χ1v) is 8.36. The molecule has 0 spiro atoms. The van der Waals surface area contributed by atoms with Crippen molar-refractivity contribution in [1.82, 2.24) is 10.2 Å². The van der Waals surface area contributed by atoms with Crippen molar-refractivity contribution >= 4 is 17.4 Å². The van der Waals surface area contributed by atoms with E-state index in [0.717, 1.165) is 38.4 Å². The van der Waals surface area contributed by atoms with Gasteiger partial charge in [-0.3, -0.25) is 14.5 Å². The molecule has 5 nitrogen and oxygen atoms in total. The van der Waals surface area contributed by atoms with Crippen LogP contribution in [0.1, 0.15) is 36.5 Å². The molecule has 2 N–H and O–H groups in total. The Hall–Kier alpha value is -1.72. The average Bonchev–Trinajstić information content (AvgIpc) is 2.54. The molecule has 0 aromatic heterocycles. The molecular weight excluding hydrogens is 290 g/mol. The van der Waals surface area contributed by atoms with Crippen molar-refractivity contribution in [2.45, 2.75) is 26.2 Å². The summed E-state index contributed by atoms with van der Waals surface area (Å²) >= 11 is 0. The Morgan fingerprint density at radius 3 is 2.65 bits per heavy atom. The molecule has 0 atom stereocenters. The van der Waals surface area contributed by atoms with E-state index in [1.54, 1.807) is 18.2 Å². The van der Waals surface area contributed by atoms with Crippen molar-refractivity contribution in [3.63, 3.8) is 0 Å². The first-order chi connectivity index (χ1) is 11.1. The number of benzene rings is 1. The molecule has 0 saturated carbocycles. The number of hydrogen-bond donors (Lipinski definition) is 2. The number of amides is 1. The number of likely N-dealkylation sites (tertiary alicyclic amines) is 1. The van der Waals surface area contributed by atoms with Crippen molar-refractivity contribution in [3.05, 3.63) is 29.8 Å². The number of rotatable bonds is 7. The summed E-state index contributed by atoms with van der Waals surface area (Å²) in [5.74, 6) is 0.762. The number of anilines is 1. The fourth-order valence-electron chi connectivity index (χ4n) is 3.00. The first kappa shape index (κ1) is 17.6. The summed E-state index contributed by atoms with van der Waals surface area (Å²) in [7, 11) is 1.99. The molecule has 0 aliphatic carbocycles. The van der Waals surface area contributed by atoms with Crippen molar-refractivity contribution in [2.24, 2.45) is 5.92 Å². The zero-order valence-corrected chi connectivity index (χ0v) is 14.1. The molecule has 23 heavy (non-hydrogen) atoms. The minimum absolute atomic E-state index is 0.00439. The molecule has 1 heterocycles. The molecule has 1 aromatic rings. The lowest BCUT2D eigenvalue weighted by Gasteiger charge is -2.31. The van der Waals surface area contributed by atoms with Gasteiger partial charge in [0.2, 0.25) is 5.91 Å². The van der Waals surface area contributed by atoms with Crippen LogP contribution >= 0.6 is 0 Å². The summed E-state index contributed by atoms with van der Waals surface area (Å²) < 4.78 is 0. The van der Waals surface area contributed by atoms with Crippen LogP contribution in [0.5, 0.6) is 0 Å². The van der Waals surface area contributed by atoms with Crippen LogP contribution < -0.4 is 10.6 Å². The van der Waals surface area contributed by atoms with Crippen molar-refractivity contribution in [1.29, 1.82) is 0 Å². The van der Waals surface area contributed by atoms with E-state index < -0.39 is 0 Å². The summed E-state index contributed by atoms with van der Waals surface area (Å²) in [6.45, 7) is 4.98. The van der Waals surface area contributed by atoms with Gasteiger partial charge in [-0.1, -0.05) is 12.1 Å². The fourth-order valence-corrected chi connectivity index (χ4v) is 3.00. The van der Waals surface area contributed by atoms with E-state index in [4.69, 9.17) is 0 Å². The minimum Gasteiger partial charge on any atom is -0.325 e. The maximum atomic E-state index is 12.2. The van der Waals surface area contributed by atoms with Gasteiger partial charge in [0.25, 0.3) is 0 Å². The second-order valence-electron chi connectivity index (χ2n) is 6.30. The summed E-state index contributed by atoms with van der Waals surface area (Å²) in [6, 6.07) is 7.09. The number of ketones is 1. The molecule has 1 amide bonds. The highest BCUT2D eigenvalue weighted by Crippen LogP contribution is 2.20. The van der Waals surface area contributed by atoms with E-state index in [-0.39, 0.29) is 11.7 Å². The molecule has 0 radical (unpaired) electrons. The van der Waals surface area contributed by atoms with Crippen LogP contribution in [0, 0.1) is 5.92 Å². The van der Waals surface area contributed by atoms with Gasteiger partial charge in [-0.05, 0) is 70.9 Å². The van der Waals surface area contributed by atoms with Gasteiger partial charge in [0.15, 0.2) is 5.78 Å². The maximum Gasteiger partial charge on any atom is 0.238 e. The van der Waals surface area contributed by atoms with Gasteiger partial charge in [0.1, 0.15) is 0 Å². The predicted molar refractivity (Wildman–Crippen MR) is 92.8 cm³/mol. The van der Waals surface area contributed by atoms with Crippen LogP contribution in [0.4, 0.5) is 5.69 Å². The lowest BCUT2D eigenvalue weighted by Crippen LogP contribution is -2.39. The van der Waals surface area contributed by atoms with E-state index in [9.17, 15) is 9.59 Å². The Morgan fingerprint density at radius 1 is 1.26 bits per heavy atom. The normalized spacial score (nSPS) is 16.3. The van der Waals surface area contributed by atoms with Crippen LogP contribution in [0.25, 0.3) is 0 Å². The SMILES string of the molecule is CNCCC1CCN(CC(=O)Nc2cccc(C(C)=O)c2)CC1. The van der Waals surface area contributed by atoms with E-state index in [1.165, 1.54) is 13.3 Å². The summed E-state index contributed by atoms with van der Waals surface area (Å²) in [5.41, 5.74) is 1.31. The van der Waals surface area contributed by atoms with Crippen LogP contribution in [-0.4, -0.2) is 49.8 Å². The fraction of sp³-hybridized carbons (Fsp3) is 0.556. The number of Topliss-reactive ketones (excluding diaryl/α,β-unsaturated/α-hetero) is 1. The van der Waals surface area contributed by atoms with Crippen LogP contribution in [0.2, 0.25) is 0 Å². The molecule has 1 aromatic carbocycles. The average molecular weight is 317 g/mol. The van der Waals surface area contributed by atoms with Crippen LogP contribution in [0.3, 0.4) is 0 Å². The molecule has 1 saturated heterocycles. The molecule has 126 valence electrons. The van der Waals surface area contributed by atoms with Gasteiger partial charge in [-0.25, -0.2) is 0 Å². The van der Waals surface area contributed by atoms with Crippen LogP contribution in [0.15, 0.2) is 24.3 Å². The molecule has 0 bridgehead atoms. The Balaban J connectivity index is 1.77. The van der Waals surface area contributed by atoms with Crippen molar-refractivity contribution < 1.29 is 9.59 Å². The number of nitrogens with one attached hydrogen (secondary N) is 2. The molecule has 2 rings (SSSR count). The predicted octanol–water partition coefficient (Wildman–Crippen LogP) is 2.15. The maximum absolute atomic E-state index is 12.2. The number of piperidine rings is 1. The largest absolute Gasteiger partial charge is 0.325 e. The lowest BCUT2D eigenvalue weighted by molar-refractivity contribution is -0.117. The highest BCUT2D eigenvalue weighted by Gasteiger charge is 2.20. The Labute approximate surface area is 138 Å². The second-order valence-corrected chi connectivity index (χ2v) is 6.30. The third kappa shape index (κ3) is 5.77. The molecule has 1 aliphatic heterocycles. The van der Waals surface area contributed by atoms with E-state index in [2.05, 4.69) is 15.5 Å². The van der Waals surface area contributed by atoms with Gasteiger partial charge < -0.3 is 10.6 Å². The van der Waals surface area contributed by atoms with Gasteiger partial charge in [-0.15, -0.1) is 0 Å². The van der Waals surface area contributed by atoms with Crippen molar-refractivity contribution in [2.75, 3.05) is 38.5 Å². The minimum atomic E-state index is -0.0145. The monoisotopic (exact) mass is 317 g/mol. The Kier molecular flexibility index (Phi) is 6.74. The topological polar surface area (TPSA) is 61.4 Å². The van der Waals surface area contributed by atoms with E-state index in [1.807, 2.05) is 13.1 Å². The second kappa shape index (κ2) is 8.79. The Morgan fingerprint density at radius 2 is 2.00 bits per heavy atom. The lowest BCUT2D eigenvalue weighted by atomic mass is 9.93. The zero-order valence-electron chi connectivity index (χ0n) is 14.1. The number of carbonyl (C=O) groups is 2. The van der Waals surface area contributed by atoms with Gasteiger partial charge in [0, 0.05) is 11.3 Å². The smallest absolute Gasteiger partial charge is 0.238 e. The highest BCUT2D eigenvalue weighted by molar-refractivity contribution is 5.97. The summed E-state index contributed by atoms with van der Waals surface area (Å²) in [4.78, 5) is 25.8. The number of nitrogens with zero attached hydrogens (tertiary/aromatic N) is 1. The number of hydrogen-bond acceptors (Lipinski definition) is 4. The zero-order chi connectivity index (χ0) is 16.7. The van der Waals surface area contributed by atoms with Gasteiger partial charge in [-0.2, -0.15) is 0 Å². The van der Waals surface area contributed by atoms with Crippen LogP contribution in [-0.2, 0) is 4.79 Å². The standard InChI is InChI=1S/C18H27N3O2/c1-14(22)16-4-3-5-17(12-16)20-18(23)13-21-10-7-15(8-11-21)6-9-19-2/h3-5,12,15,19H,6-11,13H2,1-2H3,(H,20,23). The summed E-state index contributed by atoms with van der Waals surface area (Å²) in [6.07, 6.45) is 3.54. The first-order valence-electron chi connectivity index (χ1n) is 8.36. The molecular formula is C18H27N3O2. The highest BCUT2D eigenvalue weighted by atomic mass is 16.2. The third-order valence-corrected chi connectivity index (χ3v) is 4.43. The quantitative estimate of drug-likeness (QED) is 0.757. The number of carbonyl (C=O) groups excluding carboxylic acids is 2. The van der Waals surface area contributed by atoms with Crippen molar-refractivity contribution in [3.8, 4) is 0 Å². The van der Waals surface area contributed by atoms with E-state index >= 15 is 0 Å². The van der Waals surface area contributed by atoms with Gasteiger partial charge >= 0.3 is 0 Å². The third-order valence-electron chi connectivity index (χ3n) is 4.43. The van der Waals surface area contributed by atoms with E-state index in [0.29, 0.717) is 17.8 Å². The summed E-state index contributed by atoms with van der Waals surface area (Å²) in [5, 5.41) is 6.08. The Bertz CT molecular complexity index is 537. The molecule has 1 fully saturated rings.